The van der Waals surface area contributed by atoms with E-state index in [0.717, 1.165) is 26.0 Å². The van der Waals surface area contributed by atoms with Gasteiger partial charge >= 0.3 is 0 Å². The van der Waals surface area contributed by atoms with E-state index >= 15 is 0 Å². The van der Waals surface area contributed by atoms with Gasteiger partial charge in [0.1, 0.15) is 5.82 Å². The highest BCUT2D eigenvalue weighted by atomic mass is 79.9. The van der Waals surface area contributed by atoms with Crippen LogP contribution in [0.2, 0.25) is 5.02 Å². The Morgan fingerprint density at radius 1 is 1.55 bits per heavy atom. The molecule has 0 amide bonds. The summed E-state index contributed by atoms with van der Waals surface area (Å²) in [4.78, 5) is 0. The third-order valence-electron chi connectivity index (χ3n) is 3.85. The van der Waals surface area contributed by atoms with Gasteiger partial charge in [0.2, 0.25) is 0 Å². The van der Waals surface area contributed by atoms with Gasteiger partial charge in [-0.2, -0.15) is 0 Å². The summed E-state index contributed by atoms with van der Waals surface area (Å²) in [7, 11) is 0. The van der Waals surface area contributed by atoms with E-state index in [9.17, 15) is 4.39 Å². The molecule has 3 unspecified atom stereocenters. The molecule has 1 aromatic rings. The Bertz CT molecular complexity index is 471. The van der Waals surface area contributed by atoms with Crippen LogP contribution in [-0.4, -0.2) is 19.3 Å². The van der Waals surface area contributed by atoms with Crippen molar-refractivity contribution in [2.24, 2.45) is 5.92 Å². The van der Waals surface area contributed by atoms with Gasteiger partial charge < -0.3 is 10.1 Å². The van der Waals surface area contributed by atoms with Crippen molar-refractivity contribution in [3.8, 4) is 0 Å². The van der Waals surface area contributed by atoms with E-state index in [1.165, 1.54) is 6.07 Å². The lowest BCUT2D eigenvalue weighted by atomic mass is 9.88. The van der Waals surface area contributed by atoms with Crippen LogP contribution in [0.25, 0.3) is 0 Å². The van der Waals surface area contributed by atoms with Crippen LogP contribution in [0.4, 0.5) is 4.39 Å². The van der Waals surface area contributed by atoms with Crippen molar-refractivity contribution in [3.63, 3.8) is 0 Å². The summed E-state index contributed by atoms with van der Waals surface area (Å²) in [6, 6.07) is 3.11. The number of ether oxygens (including phenoxy) is 1. The molecule has 1 aliphatic rings. The summed E-state index contributed by atoms with van der Waals surface area (Å²) < 4.78 is 20.5. The highest BCUT2D eigenvalue weighted by molar-refractivity contribution is 9.10. The van der Waals surface area contributed by atoms with Crippen molar-refractivity contribution in [3.05, 3.63) is 33.0 Å². The van der Waals surface area contributed by atoms with E-state index in [0.29, 0.717) is 15.1 Å². The fourth-order valence-electron chi connectivity index (χ4n) is 2.75. The first-order valence-corrected chi connectivity index (χ1v) is 8.21. The topological polar surface area (TPSA) is 21.3 Å². The summed E-state index contributed by atoms with van der Waals surface area (Å²) in [5, 5.41) is 3.99. The fraction of sp³-hybridized carbons (Fsp3) is 0.600. The summed E-state index contributed by atoms with van der Waals surface area (Å²) in [5.41, 5.74) is 0.633. The molecule has 1 aromatic carbocycles. The first-order chi connectivity index (χ1) is 9.54. The highest BCUT2D eigenvalue weighted by Gasteiger charge is 2.34. The summed E-state index contributed by atoms with van der Waals surface area (Å²) in [5.74, 6) is 0.0438. The van der Waals surface area contributed by atoms with Gasteiger partial charge in [0, 0.05) is 28.6 Å². The molecule has 3 atom stereocenters. The van der Waals surface area contributed by atoms with Crippen molar-refractivity contribution in [1.82, 2.24) is 5.32 Å². The fourth-order valence-corrected chi connectivity index (χ4v) is 3.24. The zero-order valence-electron chi connectivity index (χ0n) is 11.8. The normalized spacial score (nSPS) is 24.1. The van der Waals surface area contributed by atoms with Gasteiger partial charge in [-0.15, -0.1) is 0 Å². The lowest BCUT2D eigenvalue weighted by molar-refractivity contribution is 0.0949. The molecule has 112 valence electrons. The lowest BCUT2D eigenvalue weighted by Gasteiger charge is -2.28. The van der Waals surface area contributed by atoms with Crippen LogP contribution in [-0.2, 0) is 4.74 Å². The van der Waals surface area contributed by atoms with Crippen LogP contribution >= 0.6 is 27.5 Å². The van der Waals surface area contributed by atoms with E-state index in [1.54, 1.807) is 6.07 Å². The van der Waals surface area contributed by atoms with E-state index in [4.69, 9.17) is 16.3 Å². The van der Waals surface area contributed by atoms with Crippen LogP contribution in [0.3, 0.4) is 0 Å². The monoisotopic (exact) mass is 363 g/mol. The Kier molecular flexibility index (Phi) is 5.84. The second-order valence-corrected chi connectivity index (χ2v) is 6.51. The predicted octanol–water partition coefficient (Wildman–Crippen LogP) is 4.71. The average Bonchev–Trinajstić information content (AvgIpc) is 2.82. The van der Waals surface area contributed by atoms with Crippen molar-refractivity contribution < 1.29 is 9.13 Å². The zero-order valence-corrected chi connectivity index (χ0v) is 14.1. The zero-order chi connectivity index (χ0) is 14.7. The largest absolute Gasteiger partial charge is 0.378 e. The number of nitrogens with one attached hydrogen (secondary N) is 1. The van der Waals surface area contributed by atoms with E-state index in [-0.39, 0.29) is 23.9 Å². The smallest absolute Gasteiger partial charge is 0.129 e. The summed E-state index contributed by atoms with van der Waals surface area (Å²) >= 11 is 9.39. The quantitative estimate of drug-likeness (QED) is 0.764. The summed E-state index contributed by atoms with van der Waals surface area (Å²) in [6.07, 6.45) is 2.08. The van der Waals surface area contributed by atoms with Crippen molar-refractivity contribution >= 4 is 27.5 Å². The Balaban J connectivity index is 2.32. The molecule has 20 heavy (non-hydrogen) atoms. The first-order valence-electron chi connectivity index (χ1n) is 7.04. The second-order valence-electron chi connectivity index (χ2n) is 5.25. The molecule has 0 radical (unpaired) electrons. The Morgan fingerprint density at radius 2 is 2.30 bits per heavy atom. The average molecular weight is 365 g/mol. The SMILES string of the molecule is CCCNC(c1cc(Cl)c(Br)cc1F)C1CCOC1C. The molecule has 5 heteroatoms. The van der Waals surface area contributed by atoms with Crippen molar-refractivity contribution in [2.75, 3.05) is 13.2 Å². The Hall–Kier alpha value is -0.160. The molecule has 1 fully saturated rings. The van der Waals surface area contributed by atoms with E-state index in [2.05, 4.69) is 35.1 Å². The number of halogens is 3. The number of hydrogen-bond donors (Lipinski definition) is 1. The number of rotatable bonds is 5. The van der Waals surface area contributed by atoms with Gasteiger partial charge in [-0.25, -0.2) is 4.39 Å². The van der Waals surface area contributed by atoms with Gasteiger partial charge in [0.15, 0.2) is 0 Å². The molecule has 1 aliphatic heterocycles. The van der Waals surface area contributed by atoms with Gasteiger partial charge in [-0.1, -0.05) is 18.5 Å². The van der Waals surface area contributed by atoms with Gasteiger partial charge in [0.05, 0.1) is 11.1 Å². The molecule has 1 saturated heterocycles. The van der Waals surface area contributed by atoms with Crippen LogP contribution in [0.5, 0.6) is 0 Å². The second kappa shape index (κ2) is 7.21. The Labute approximate surface area is 133 Å². The first kappa shape index (κ1) is 16.2. The van der Waals surface area contributed by atoms with Gasteiger partial charge in [0.25, 0.3) is 0 Å². The third-order valence-corrected chi connectivity index (χ3v) is 5.05. The molecule has 1 heterocycles. The molecule has 0 aromatic heterocycles. The highest BCUT2D eigenvalue weighted by Crippen LogP contribution is 2.37. The third kappa shape index (κ3) is 3.53. The van der Waals surface area contributed by atoms with Gasteiger partial charge in [-0.3, -0.25) is 0 Å². The van der Waals surface area contributed by atoms with Crippen LogP contribution < -0.4 is 5.32 Å². The molecule has 0 spiro atoms. The maximum absolute atomic E-state index is 14.3. The molecular formula is C15H20BrClFNO. The molecular weight excluding hydrogens is 345 g/mol. The van der Waals surface area contributed by atoms with E-state index < -0.39 is 0 Å². The molecule has 2 nitrogen and oxygen atoms in total. The van der Waals surface area contributed by atoms with E-state index in [1.807, 2.05) is 0 Å². The van der Waals surface area contributed by atoms with Crippen LogP contribution in [0.15, 0.2) is 16.6 Å². The number of benzene rings is 1. The minimum atomic E-state index is -0.228. The molecule has 0 bridgehead atoms. The minimum Gasteiger partial charge on any atom is -0.378 e. The summed E-state index contributed by atoms with van der Waals surface area (Å²) in [6.45, 7) is 5.74. The standard InChI is InChI=1S/C15H20BrClFNO/c1-3-5-19-15(10-4-6-20-9(10)2)11-7-13(17)12(16)8-14(11)18/h7-10,15,19H,3-6H2,1-2H3. The maximum Gasteiger partial charge on any atom is 0.129 e. The molecule has 0 aliphatic carbocycles. The molecule has 0 saturated carbocycles. The Morgan fingerprint density at radius 3 is 2.90 bits per heavy atom. The van der Waals surface area contributed by atoms with Crippen LogP contribution in [0, 0.1) is 11.7 Å². The van der Waals surface area contributed by atoms with Crippen molar-refractivity contribution in [1.29, 1.82) is 0 Å². The van der Waals surface area contributed by atoms with Crippen molar-refractivity contribution in [2.45, 2.75) is 38.8 Å². The minimum absolute atomic E-state index is 0.0574. The van der Waals surface area contributed by atoms with Crippen LogP contribution in [0.1, 0.15) is 38.3 Å². The maximum atomic E-state index is 14.3. The predicted molar refractivity (Wildman–Crippen MR) is 83.7 cm³/mol. The lowest BCUT2D eigenvalue weighted by Crippen LogP contribution is -2.33. The molecule has 2 rings (SSSR count). The molecule has 1 N–H and O–H groups in total. The van der Waals surface area contributed by atoms with Gasteiger partial charge in [-0.05, 0) is 54.4 Å². The number of hydrogen-bond acceptors (Lipinski definition) is 2.